The number of hydrogen-bond acceptors (Lipinski definition) is 7. The van der Waals surface area contributed by atoms with Gasteiger partial charge in [0.2, 0.25) is 5.91 Å². The fourth-order valence-corrected chi connectivity index (χ4v) is 5.88. The van der Waals surface area contributed by atoms with Crippen LogP contribution < -0.4 is 10.1 Å². The van der Waals surface area contributed by atoms with Gasteiger partial charge in [0.05, 0.1) is 36.1 Å². The third-order valence-electron chi connectivity index (χ3n) is 8.60. The number of carbonyl (C=O) groups is 2. The Balaban J connectivity index is 1.55. The summed E-state index contributed by atoms with van der Waals surface area (Å²) >= 11 is 0. The Hall–Kier alpha value is -4.21. The molecule has 10 heteroatoms. The van der Waals surface area contributed by atoms with Gasteiger partial charge in [0.15, 0.2) is 0 Å². The van der Waals surface area contributed by atoms with Crippen LogP contribution in [0.5, 0.6) is 5.75 Å². The highest BCUT2D eigenvalue weighted by atomic mass is 16.6. The highest BCUT2D eigenvalue weighted by Crippen LogP contribution is 2.30. The highest BCUT2D eigenvalue weighted by Gasteiger charge is 2.23. The fourth-order valence-electron chi connectivity index (χ4n) is 5.88. The van der Waals surface area contributed by atoms with Crippen LogP contribution in [-0.4, -0.2) is 40.0 Å². The number of nitro benzene ring substituents is 1. The Labute approximate surface area is 271 Å². The number of imidazole rings is 1. The molecule has 1 aliphatic rings. The van der Waals surface area contributed by atoms with E-state index in [1.54, 1.807) is 30.5 Å². The van der Waals surface area contributed by atoms with E-state index in [4.69, 9.17) is 9.47 Å². The standard InChI is InChI=1S/C36H48N4O6/c1-3-5-21-45-33-20-17-28(23-30(33)36(42)46-22-6-4-2)31(39-35(41)14-10-13-26-11-8-7-9-12-26)24-34-37-25-32(38-34)27-15-18-29(19-16-27)40(43)44/h15-20,23,25-26,31H,3-14,21-22,24H2,1-2H3,(H,37,38)(H,39,41). The summed E-state index contributed by atoms with van der Waals surface area (Å²) in [5.41, 5.74) is 2.58. The Kier molecular flexibility index (Phi) is 13.6. The summed E-state index contributed by atoms with van der Waals surface area (Å²) in [6.45, 7) is 4.94. The lowest BCUT2D eigenvalue weighted by Gasteiger charge is -2.22. The predicted octanol–water partition coefficient (Wildman–Crippen LogP) is 8.27. The van der Waals surface area contributed by atoms with E-state index in [-0.39, 0.29) is 11.6 Å². The van der Waals surface area contributed by atoms with Crippen molar-refractivity contribution in [3.8, 4) is 17.0 Å². The van der Waals surface area contributed by atoms with Crippen molar-refractivity contribution in [2.24, 2.45) is 5.92 Å². The first-order valence-electron chi connectivity index (χ1n) is 16.9. The van der Waals surface area contributed by atoms with Gasteiger partial charge in [0.1, 0.15) is 17.1 Å². The first kappa shape index (κ1) is 34.7. The summed E-state index contributed by atoms with van der Waals surface area (Å²) in [5.74, 6) is 1.32. The lowest BCUT2D eigenvalue weighted by Crippen LogP contribution is -2.30. The van der Waals surface area contributed by atoms with Gasteiger partial charge in [-0.05, 0) is 61.4 Å². The fraction of sp³-hybridized carbons (Fsp3) is 0.528. The van der Waals surface area contributed by atoms with Crippen molar-refractivity contribution in [3.05, 3.63) is 75.7 Å². The number of ether oxygens (including phenoxy) is 2. The number of nitrogens with zero attached hydrogens (tertiary/aromatic N) is 2. The van der Waals surface area contributed by atoms with Crippen LogP contribution in [0.4, 0.5) is 5.69 Å². The van der Waals surface area contributed by atoms with Crippen LogP contribution >= 0.6 is 0 Å². The van der Waals surface area contributed by atoms with Crippen LogP contribution in [0.2, 0.25) is 0 Å². The van der Waals surface area contributed by atoms with E-state index in [1.807, 2.05) is 13.0 Å². The molecule has 10 nitrogen and oxygen atoms in total. The smallest absolute Gasteiger partial charge is 0.341 e. The van der Waals surface area contributed by atoms with E-state index in [0.717, 1.165) is 49.7 Å². The van der Waals surface area contributed by atoms with Gasteiger partial charge >= 0.3 is 5.97 Å². The molecule has 2 aromatic carbocycles. The number of rotatable bonds is 18. The number of unbranched alkanes of at least 4 members (excludes halogenated alkanes) is 2. The molecule has 2 N–H and O–H groups in total. The van der Waals surface area contributed by atoms with Gasteiger partial charge in [-0.1, -0.05) is 64.9 Å². The molecule has 1 fully saturated rings. The van der Waals surface area contributed by atoms with Crippen molar-refractivity contribution in [1.82, 2.24) is 15.3 Å². The largest absolute Gasteiger partial charge is 0.493 e. The van der Waals surface area contributed by atoms with E-state index >= 15 is 0 Å². The van der Waals surface area contributed by atoms with Gasteiger partial charge in [0.25, 0.3) is 5.69 Å². The molecule has 1 aliphatic carbocycles. The minimum atomic E-state index is -0.468. The molecule has 3 aromatic rings. The topological polar surface area (TPSA) is 136 Å². The highest BCUT2D eigenvalue weighted by molar-refractivity contribution is 5.93. The third-order valence-corrected chi connectivity index (χ3v) is 8.60. The molecule has 0 aliphatic heterocycles. The first-order chi connectivity index (χ1) is 22.4. The van der Waals surface area contributed by atoms with Crippen LogP contribution in [0.15, 0.2) is 48.7 Å². The van der Waals surface area contributed by atoms with Gasteiger partial charge in [-0.2, -0.15) is 0 Å². The summed E-state index contributed by atoms with van der Waals surface area (Å²) in [7, 11) is 0. The number of H-pyrrole nitrogens is 1. The summed E-state index contributed by atoms with van der Waals surface area (Å²) < 4.78 is 11.5. The number of carbonyl (C=O) groups excluding carboxylic acids is 2. The molecule has 1 aromatic heterocycles. The van der Waals surface area contributed by atoms with Crippen molar-refractivity contribution in [3.63, 3.8) is 0 Å². The predicted molar refractivity (Wildman–Crippen MR) is 178 cm³/mol. The van der Waals surface area contributed by atoms with Crippen molar-refractivity contribution in [2.75, 3.05) is 13.2 Å². The van der Waals surface area contributed by atoms with Crippen molar-refractivity contribution in [1.29, 1.82) is 0 Å². The number of nitro groups is 1. The molecule has 0 radical (unpaired) electrons. The first-order valence-corrected chi connectivity index (χ1v) is 16.9. The van der Waals surface area contributed by atoms with Crippen LogP contribution in [0.25, 0.3) is 11.3 Å². The number of aromatic amines is 1. The van der Waals surface area contributed by atoms with E-state index in [2.05, 4.69) is 22.2 Å². The number of benzene rings is 2. The second-order valence-electron chi connectivity index (χ2n) is 12.2. The normalized spacial score (nSPS) is 14.0. The molecule has 0 bridgehead atoms. The lowest BCUT2D eigenvalue weighted by atomic mass is 9.86. The Morgan fingerprint density at radius 2 is 1.76 bits per heavy atom. The average molecular weight is 633 g/mol. The van der Waals surface area contributed by atoms with Gasteiger partial charge < -0.3 is 19.8 Å². The third kappa shape index (κ3) is 10.4. The molecule has 1 amide bonds. The van der Waals surface area contributed by atoms with Crippen LogP contribution in [0, 0.1) is 16.0 Å². The number of esters is 1. The second kappa shape index (κ2) is 18.1. The molecule has 1 saturated carbocycles. The van der Waals surface area contributed by atoms with Gasteiger partial charge in [-0.15, -0.1) is 0 Å². The SMILES string of the molecule is CCCCOC(=O)c1cc(C(Cc2ncc(-c3ccc([N+](=O)[O-])cc3)[nH]2)NC(=O)CCCC2CCCCC2)ccc1OCCCC. The maximum Gasteiger partial charge on any atom is 0.341 e. The molecule has 248 valence electrons. The molecule has 1 heterocycles. The zero-order valence-electron chi connectivity index (χ0n) is 27.2. The maximum atomic E-state index is 13.3. The summed E-state index contributed by atoms with van der Waals surface area (Å²) in [6.07, 6.45) is 14.3. The number of hydrogen-bond donors (Lipinski definition) is 2. The zero-order valence-corrected chi connectivity index (χ0v) is 27.2. The van der Waals surface area contributed by atoms with Crippen LogP contribution in [0.1, 0.15) is 119 Å². The van der Waals surface area contributed by atoms with Gasteiger partial charge in [-0.25, -0.2) is 9.78 Å². The van der Waals surface area contributed by atoms with Crippen LogP contribution in [0.3, 0.4) is 0 Å². The van der Waals surface area contributed by atoms with E-state index in [9.17, 15) is 19.7 Å². The second-order valence-corrected chi connectivity index (χ2v) is 12.2. The van der Waals surface area contributed by atoms with Crippen molar-refractivity contribution >= 4 is 17.6 Å². The number of amides is 1. The Morgan fingerprint density at radius 1 is 1.02 bits per heavy atom. The molecule has 46 heavy (non-hydrogen) atoms. The summed E-state index contributed by atoms with van der Waals surface area (Å²) in [5, 5.41) is 14.3. The summed E-state index contributed by atoms with van der Waals surface area (Å²) in [6, 6.07) is 11.2. The Bertz CT molecular complexity index is 1410. The molecule has 4 rings (SSSR count). The molecule has 1 unspecified atom stereocenters. The number of aromatic nitrogens is 2. The van der Waals surface area contributed by atoms with Crippen molar-refractivity contribution in [2.45, 2.75) is 103 Å². The van der Waals surface area contributed by atoms with Gasteiger partial charge in [0, 0.05) is 30.5 Å². The lowest BCUT2D eigenvalue weighted by molar-refractivity contribution is -0.384. The number of non-ortho nitro benzene ring substituents is 1. The molecule has 1 atom stereocenters. The van der Waals surface area contributed by atoms with Crippen LogP contribution in [-0.2, 0) is 16.0 Å². The Morgan fingerprint density at radius 3 is 2.48 bits per heavy atom. The average Bonchev–Trinajstić information content (AvgIpc) is 3.54. The number of nitrogens with one attached hydrogen (secondary N) is 2. The summed E-state index contributed by atoms with van der Waals surface area (Å²) in [4.78, 5) is 45.0. The van der Waals surface area contributed by atoms with E-state index in [1.165, 1.54) is 44.2 Å². The molecular weight excluding hydrogens is 584 g/mol. The molecule has 0 spiro atoms. The van der Waals surface area contributed by atoms with E-state index in [0.29, 0.717) is 54.8 Å². The molecular formula is C36H48N4O6. The minimum absolute atomic E-state index is 0.0147. The van der Waals surface area contributed by atoms with E-state index < -0.39 is 16.9 Å². The van der Waals surface area contributed by atoms with Gasteiger partial charge in [-0.3, -0.25) is 14.9 Å². The zero-order chi connectivity index (χ0) is 32.7. The van der Waals surface area contributed by atoms with Crippen molar-refractivity contribution < 1.29 is 24.0 Å². The molecule has 0 saturated heterocycles. The maximum absolute atomic E-state index is 13.3. The quantitative estimate of drug-likeness (QED) is 0.0623. The minimum Gasteiger partial charge on any atom is -0.493 e. The monoisotopic (exact) mass is 632 g/mol.